The summed E-state index contributed by atoms with van der Waals surface area (Å²) in [6.07, 6.45) is 5.03. The van der Waals surface area contributed by atoms with Crippen LogP contribution in [0.2, 0.25) is 5.02 Å². The second-order valence-electron chi connectivity index (χ2n) is 4.89. The van der Waals surface area contributed by atoms with Gasteiger partial charge in [-0.3, -0.25) is 0 Å². The summed E-state index contributed by atoms with van der Waals surface area (Å²) in [5.74, 6) is 0. The predicted octanol–water partition coefficient (Wildman–Crippen LogP) is 2.36. The molecule has 3 N–H and O–H groups in total. The Morgan fingerprint density at radius 2 is 2.20 bits per heavy atom. The van der Waals surface area contributed by atoms with E-state index in [1.807, 2.05) is 6.26 Å². The lowest BCUT2D eigenvalue weighted by Gasteiger charge is -2.19. The van der Waals surface area contributed by atoms with Crippen LogP contribution in [0.1, 0.15) is 24.8 Å². The Labute approximate surface area is 129 Å². The van der Waals surface area contributed by atoms with Gasteiger partial charge in [-0.25, -0.2) is 13.1 Å². The Morgan fingerprint density at radius 3 is 2.85 bits per heavy atom. The van der Waals surface area contributed by atoms with E-state index >= 15 is 0 Å². The van der Waals surface area contributed by atoms with Gasteiger partial charge in [0.25, 0.3) is 0 Å². The second kappa shape index (κ2) is 6.66. The molecule has 1 aromatic rings. The van der Waals surface area contributed by atoms with Crippen LogP contribution in [0.4, 0.5) is 0 Å². The van der Waals surface area contributed by atoms with Crippen LogP contribution in [-0.4, -0.2) is 26.0 Å². The molecular formula is C13H19ClN2O2S2. The zero-order valence-corrected chi connectivity index (χ0v) is 13.7. The number of benzene rings is 1. The fraction of sp³-hybridized carbons (Fsp3) is 0.538. The van der Waals surface area contributed by atoms with Gasteiger partial charge in [0.15, 0.2) is 0 Å². The second-order valence-corrected chi connectivity index (χ2v) is 8.09. The van der Waals surface area contributed by atoms with E-state index in [1.165, 1.54) is 6.07 Å². The highest BCUT2D eigenvalue weighted by Gasteiger charge is 2.30. The molecule has 2 atom stereocenters. The summed E-state index contributed by atoms with van der Waals surface area (Å²) >= 11 is 7.68. The van der Waals surface area contributed by atoms with Gasteiger partial charge in [-0.2, -0.15) is 11.8 Å². The van der Waals surface area contributed by atoms with Gasteiger partial charge >= 0.3 is 0 Å². The third-order valence-corrected chi connectivity index (χ3v) is 6.64. The quantitative estimate of drug-likeness (QED) is 0.867. The maximum absolute atomic E-state index is 12.4. The Kier molecular flexibility index (Phi) is 5.36. The van der Waals surface area contributed by atoms with Crippen molar-refractivity contribution in [3.05, 3.63) is 28.8 Å². The number of thioether (sulfide) groups is 1. The molecule has 4 nitrogen and oxygen atoms in total. The minimum absolute atomic E-state index is 0.00649. The van der Waals surface area contributed by atoms with Gasteiger partial charge in [0, 0.05) is 22.9 Å². The average Bonchev–Trinajstić information content (AvgIpc) is 2.85. The highest BCUT2D eigenvalue weighted by atomic mass is 35.5. The number of halogens is 1. The molecule has 0 aromatic heterocycles. The van der Waals surface area contributed by atoms with Crippen molar-refractivity contribution in [3.63, 3.8) is 0 Å². The van der Waals surface area contributed by atoms with Crippen LogP contribution in [0, 0.1) is 0 Å². The van der Waals surface area contributed by atoms with E-state index < -0.39 is 10.0 Å². The van der Waals surface area contributed by atoms with Crippen molar-refractivity contribution in [2.75, 3.05) is 6.26 Å². The number of hydrogen-bond donors (Lipinski definition) is 2. The third-order valence-electron chi connectivity index (χ3n) is 3.61. The van der Waals surface area contributed by atoms with E-state index in [0.717, 1.165) is 19.3 Å². The molecule has 1 saturated carbocycles. The lowest BCUT2D eigenvalue weighted by Crippen LogP contribution is -2.38. The molecule has 2 unspecified atom stereocenters. The van der Waals surface area contributed by atoms with Gasteiger partial charge in [-0.1, -0.05) is 18.0 Å². The maximum Gasteiger partial charge on any atom is 0.240 e. The summed E-state index contributed by atoms with van der Waals surface area (Å²) in [6.45, 7) is 0.221. The normalized spacial score (nSPS) is 23.1. The number of hydrogen-bond acceptors (Lipinski definition) is 4. The number of nitrogens with two attached hydrogens (primary N) is 1. The highest BCUT2D eigenvalue weighted by Crippen LogP contribution is 2.30. The Hall–Kier alpha value is -0.270. The van der Waals surface area contributed by atoms with Crippen molar-refractivity contribution in [1.82, 2.24) is 4.72 Å². The lowest BCUT2D eigenvalue weighted by molar-refractivity contribution is 0.555. The van der Waals surface area contributed by atoms with Crippen LogP contribution < -0.4 is 10.5 Å². The fourth-order valence-corrected chi connectivity index (χ4v) is 5.06. The molecule has 0 saturated heterocycles. The Balaban J connectivity index is 2.22. The summed E-state index contributed by atoms with van der Waals surface area (Å²) in [5, 5.41) is 0.848. The van der Waals surface area contributed by atoms with E-state index in [0.29, 0.717) is 15.8 Å². The smallest absolute Gasteiger partial charge is 0.240 e. The summed E-state index contributed by atoms with van der Waals surface area (Å²) < 4.78 is 27.7. The van der Waals surface area contributed by atoms with E-state index in [2.05, 4.69) is 4.72 Å². The van der Waals surface area contributed by atoms with Crippen LogP contribution >= 0.6 is 23.4 Å². The number of rotatable bonds is 5. The van der Waals surface area contributed by atoms with Gasteiger partial charge in [0.2, 0.25) is 10.0 Å². The number of sulfonamides is 1. The van der Waals surface area contributed by atoms with Gasteiger partial charge in [-0.15, -0.1) is 0 Å². The number of nitrogens with one attached hydrogen (secondary N) is 1. The molecule has 2 rings (SSSR count). The molecule has 112 valence electrons. The molecule has 0 radical (unpaired) electrons. The zero-order valence-electron chi connectivity index (χ0n) is 11.3. The topological polar surface area (TPSA) is 72.2 Å². The molecule has 0 amide bonds. The van der Waals surface area contributed by atoms with Gasteiger partial charge in [0.05, 0.1) is 4.90 Å². The first kappa shape index (κ1) is 16.1. The molecule has 1 fully saturated rings. The van der Waals surface area contributed by atoms with Crippen molar-refractivity contribution in [3.8, 4) is 0 Å². The van der Waals surface area contributed by atoms with Crippen molar-refractivity contribution >= 4 is 33.4 Å². The van der Waals surface area contributed by atoms with E-state index in [9.17, 15) is 8.42 Å². The van der Waals surface area contributed by atoms with Crippen molar-refractivity contribution in [1.29, 1.82) is 0 Å². The maximum atomic E-state index is 12.4. The van der Waals surface area contributed by atoms with E-state index in [1.54, 1.807) is 23.9 Å². The van der Waals surface area contributed by atoms with Crippen LogP contribution in [0.5, 0.6) is 0 Å². The molecular weight excluding hydrogens is 316 g/mol. The zero-order chi connectivity index (χ0) is 14.8. The first-order chi connectivity index (χ1) is 9.47. The SMILES string of the molecule is CSC1CCCC1NS(=O)(=O)c1ccc(Cl)c(CN)c1. The first-order valence-electron chi connectivity index (χ1n) is 6.51. The van der Waals surface area contributed by atoms with E-state index in [4.69, 9.17) is 17.3 Å². The largest absolute Gasteiger partial charge is 0.326 e. The van der Waals surface area contributed by atoms with Gasteiger partial charge in [0.1, 0.15) is 0 Å². The van der Waals surface area contributed by atoms with Crippen LogP contribution in [-0.2, 0) is 16.6 Å². The average molecular weight is 335 g/mol. The molecule has 1 aliphatic carbocycles. The highest BCUT2D eigenvalue weighted by molar-refractivity contribution is 7.99. The minimum Gasteiger partial charge on any atom is -0.326 e. The molecule has 0 spiro atoms. The van der Waals surface area contributed by atoms with Gasteiger partial charge in [-0.05, 0) is 42.9 Å². The lowest BCUT2D eigenvalue weighted by atomic mass is 10.2. The molecule has 1 aliphatic rings. The minimum atomic E-state index is -3.51. The molecule has 0 aliphatic heterocycles. The van der Waals surface area contributed by atoms with Crippen LogP contribution in [0.3, 0.4) is 0 Å². The molecule has 0 bridgehead atoms. The predicted molar refractivity (Wildman–Crippen MR) is 84.6 cm³/mol. The molecule has 7 heteroatoms. The molecule has 20 heavy (non-hydrogen) atoms. The van der Waals surface area contributed by atoms with Gasteiger partial charge < -0.3 is 5.73 Å². The van der Waals surface area contributed by atoms with Crippen LogP contribution in [0.15, 0.2) is 23.1 Å². The first-order valence-corrected chi connectivity index (χ1v) is 9.66. The van der Waals surface area contributed by atoms with E-state index in [-0.39, 0.29) is 17.5 Å². The monoisotopic (exact) mass is 334 g/mol. The summed E-state index contributed by atoms with van der Waals surface area (Å²) in [6, 6.07) is 4.66. The van der Waals surface area contributed by atoms with Crippen LogP contribution in [0.25, 0.3) is 0 Å². The summed E-state index contributed by atoms with van der Waals surface area (Å²) in [7, 11) is -3.51. The van der Waals surface area contributed by atoms with Crippen molar-refractivity contribution < 1.29 is 8.42 Å². The third kappa shape index (κ3) is 3.49. The van der Waals surface area contributed by atoms with Crippen molar-refractivity contribution in [2.24, 2.45) is 5.73 Å². The fourth-order valence-electron chi connectivity index (χ4n) is 2.48. The molecule has 1 aromatic carbocycles. The Bertz CT molecular complexity index is 578. The Morgan fingerprint density at radius 1 is 1.45 bits per heavy atom. The van der Waals surface area contributed by atoms with Crippen molar-refractivity contribution in [2.45, 2.75) is 42.0 Å². The summed E-state index contributed by atoms with van der Waals surface area (Å²) in [4.78, 5) is 0.231. The standard InChI is InChI=1S/C13H19ClN2O2S2/c1-19-13-4-2-3-12(13)16-20(17,18)10-5-6-11(14)9(7-10)8-15/h5-7,12-13,16H,2-4,8,15H2,1H3. The summed E-state index contributed by atoms with van der Waals surface area (Å²) in [5.41, 5.74) is 6.21. The molecule has 0 heterocycles.